The Labute approximate surface area is 489 Å². The Morgan fingerprint density at radius 1 is 0.365 bits per heavy atom. The number of hydrogen-bond donors (Lipinski definition) is 0. The number of ether oxygens (including phenoxy) is 1. The van der Waals surface area contributed by atoms with E-state index in [9.17, 15) is 0 Å². The van der Waals surface area contributed by atoms with Crippen LogP contribution in [0.2, 0.25) is 0 Å². The molecule has 0 amide bonds. The monoisotopic (exact) mass is 1080 g/mol. The van der Waals surface area contributed by atoms with E-state index >= 15 is 0 Å². The van der Waals surface area contributed by atoms with Crippen molar-refractivity contribution in [1.29, 1.82) is 0 Å². The molecule has 85 heavy (non-hydrogen) atoms. The van der Waals surface area contributed by atoms with Crippen LogP contribution in [0.3, 0.4) is 0 Å². The summed E-state index contributed by atoms with van der Waals surface area (Å²) in [5, 5.41) is 10.4. The summed E-state index contributed by atoms with van der Waals surface area (Å²) in [6.07, 6.45) is 10.9. The van der Waals surface area contributed by atoms with Crippen molar-refractivity contribution >= 4 is 76.2 Å². The van der Waals surface area contributed by atoms with Gasteiger partial charge in [0.2, 0.25) is 0 Å². The summed E-state index contributed by atoms with van der Waals surface area (Å²) in [5.41, 5.74) is 26.2. The van der Waals surface area contributed by atoms with E-state index < -0.39 is 5.41 Å². The summed E-state index contributed by atoms with van der Waals surface area (Å²) in [4.78, 5) is 11.5. The fourth-order valence-corrected chi connectivity index (χ4v) is 18.5. The zero-order chi connectivity index (χ0) is 55.0. The van der Waals surface area contributed by atoms with Crippen molar-refractivity contribution in [2.24, 2.45) is 11.8 Å². The average molecular weight is 1090 g/mol. The minimum absolute atomic E-state index is 0.466. The van der Waals surface area contributed by atoms with Crippen molar-refractivity contribution in [2.45, 2.75) is 49.4 Å². The predicted molar refractivity (Wildman–Crippen MR) is 346 cm³/mol. The summed E-state index contributed by atoms with van der Waals surface area (Å²) >= 11 is 0. The lowest BCUT2D eigenvalue weighted by molar-refractivity contribution is 0.165. The zero-order valence-electron chi connectivity index (χ0n) is 46.5. The van der Waals surface area contributed by atoms with Gasteiger partial charge in [-0.3, -0.25) is 9.97 Å². The number of fused-ring (bicyclic) bond motifs is 23. The van der Waals surface area contributed by atoms with E-state index in [1.165, 1.54) is 175 Å². The summed E-state index contributed by atoms with van der Waals surface area (Å²) < 4.78 is 12.3. The maximum atomic E-state index is 6.95. The number of hydrogen-bond acceptors (Lipinski definition) is 3. The molecule has 16 aromatic rings. The van der Waals surface area contributed by atoms with Gasteiger partial charge in [0.05, 0.1) is 56.6 Å². The Morgan fingerprint density at radius 2 is 0.894 bits per heavy atom. The third kappa shape index (κ3) is 5.66. The molecule has 2 saturated carbocycles. The molecule has 1 aliphatic heterocycles. The van der Waals surface area contributed by atoms with Crippen LogP contribution >= 0.6 is 0 Å². The maximum Gasteiger partial charge on any atom is 0.132 e. The molecule has 398 valence electrons. The third-order valence-corrected chi connectivity index (χ3v) is 21.4. The van der Waals surface area contributed by atoms with Crippen molar-refractivity contribution in [1.82, 2.24) is 18.8 Å². The molecule has 6 aliphatic rings. The molecule has 10 aromatic carbocycles. The van der Waals surface area contributed by atoms with Crippen LogP contribution in [0.4, 0.5) is 0 Å². The van der Waals surface area contributed by atoms with E-state index in [1.54, 1.807) is 0 Å². The van der Waals surface area contributed by atoms with Gasteiger partial charge in [0.25, 0.3) is 0 Å². The molecule has 1 spiro atoms. The van der Waals surface area contributed by atoms with Crippen molar-refractivity contribution in [3.63, 3.8) is 0 Å². The lowest BCUT2D eigenvalue weighted by Gasteiger charge is -2.39. The van der Waals surface area contributed by atoms with Crippen molar-refractivity contribution in [3.8, 4) is 67.3 Å². The van der Waals surface area contributed by atoms with Crippen LogP contribution in [-0.2, 0) is 5.41 Å². The number of nitrogens with zero attached hydrogens (tertiary/aromatic N) is 4. The van der Waals surface area contributed by atoms with E-state index in [-0.39, 0.29) is 0 Å². The molecule has 2 fully saturated rings. The molecule has 5 nitrogen and oxygen atoms in total. The quantitative estimate of drug-likeness (QED) is 0.176. The van der Waals surface area contributed by atoms with Gasteiger partial charge in [0, 0.05) is 77.0 Å². The molecule has 5 aliphatic carbocycles. The SMILES string of the molecule is c1ccc(-c2ccccc2-c2ccc3c(c2)c2cc(-c4ccccc4-c4ccccc4)cc4c5c6c7c8c(ncc7n7c9cnc%10c(c9c(cc5n3c24)c67)C2(c3ccccc3Oc3ccccc32)c2ccccc2-%10)C2CC3CC(C2)CC8C3)cc1. The normalized spacial score (nSPS) is 18.8. The molecule has 0 N–H and O–H groups in total. The zero-order valence-corrected chi connectivity index (χ0v) is 46.5. The van der Waals surface area contributed by atoms with Gasteiger partial charge in [0.15, 0.2) is 0 Å². The molecular formula is C80H52N4O. The van der Waals surface area contributed by atoms with Crippen molar-refractivity contribution in [3.05, 3.63) is 264 Å². The number of aromatic nitrogens is 4. The van der Waals surface area contributed by atoms with Gasteiger partial charge in [-0.05, 0) is 148 Å². The van der Waals surface area contributed by atoms with E-state index in [1.807, 2.05) is 0 Å². The molecular weight excluding hydrogens is 1030 g/mol. The second-order valence-corrected chi connectivity index (χ2v) is 25.4. The van der Waals surface area contributed by atoms with E-state index in [4.69, 9.17) is 14.7 Å². The van der Waals surface area contributed by atoms with Gasteiger partial charge in [-0.1, -0.05) is 176 Å². The first-order valence-electron chi connectivity index (χ1n) is 30.6. The molecule has 5 heteroatoms. The summed E-state index contributed by atoms with van der Waals surface area (Å²) in [6.45, 7) is 0. The van der Waals surface area contributed by atoms with Crippen LogP contribution in [0, 0.1) is 11.8 Å². The van der Waals surface area contributed by atoms with Gasteiger partial charge < -0.3 is 13.5 Å². The Kier molecular flexibility index (Phi) is 8.63. The minimum Gasteiger partial charge on any atom is -0.457 e. The molecule has 0 saturated heterocycles. The highest BCUT2D eigenvalue weighted by Gasteiger charge is 2.53. The van der Waals surface area contributed by atoms with Crippen molar-refractivity contribution < 1.29 is 4.74 Å². The van der Waals surface area contributed by atoms with Gasteiger partial charge in [-0.15, -0.1) is 0 Å². The fourth-order valence-electron chi connectivity index (χ4n) is 18.5. The number of benzene rings is 10. The van der Waals surface area contributed by atoms with Crippen LogP contribution in [0.1, 0.15) is 77.5 Å². The van der Waals surface area contributed by atoms with Crippen LogP contribution in [0.5, 0.6) is 11.5 Å². The third-order valence-electron chi connectivity index (χ3n) is 21.4. The smallest absolute Gasteiger partial charge is 0.132 e. The Hall–Kier alpha value is -10.1. The summed E-state index contributed by atoms with van der Waals surface area (Å²) in [6, 6.07) is 81.4. The lowest BCUT2D eigenvalue weighted by Crippen LogP contribution is -2.32. The standard InChI is InChI=1S/C80H52N4O/c1-3-17-46(18-4-1)52-21-7-9-23-54(52)48-31-32-64-57(38-48)58-39-49(55-24-10-8-22-53(55)47-19-5-2-6-20-47)40-59-71-65(83(64)78(58)59)41-60-72-66(84-67-43-81-76-51-36-44-33-45(37-51)35-50(34-44)70(76)73(67)74(71)79(60)84)42-82-77-56-25-11-12-26-61(56)80(75(72)77)62-27-13-15-29-68(62)85-69-30-16-14-28-63(69)80/h1-32,38-45,50-51H,33-37H2. The van der Waals surface area contributed by atoms with Gasteiger partial charge in [-0.25, -0.2) is 0 Å². The summed E-state index contributed by atoms with van der Waals surface area (Å²) in [7, 11) is 0. The molecule has 6 aromatic heterocycles. The maximum absolute atomic E-state index is 6.95. The highest BCUT2D eigenvalue weighted by molar-refractivity contribution is 6.39. The second-order valence-electron chi connectivity index (χ2n) is 25.4. The Bertz CT molecular complexity index is 5540. The summed E-state index contributed by atoms with van der Waals surface area (Å²) in [5.74, 6) is 4.22. The highest BCUT2D eigenvalue weighted by atomic mass is 16.5. The fraction of sp³-hybridized carbons (Fsp3) is 0.125. The Morgan fingerprint density at radius 3 is 1.59 bits per heavy atom. The van der Waals surface area contributed by atoms with Crippen LogP contribution in [0.15, 0.2) is 231 Å². The van der Waals surface area contributed by atoms with E-state index in [0.29, 0.717) is 11.8 Å². The average Bonchev–Trinajstić information content (AvgIpc) is 1.63. The molecule has 2 unspecified atom stereocenters. The molecule has 0 radical (unpaired) electrons. The van der Waals surface area contributed by atoms with Crippen LogP contribution < -0.4 is 4.74 Å². The molecule has 4 bridgehead atoms. The highest BCUT2D eigenvalue weighted by Crippen LogP contribution is 2.65. The van der Waals surface area contributed by atoms with Crippen molar-refractivity contribution in [2.75, 3.05) is 0 Å². The minimum atomic E-state index is -0.724. The van der Waals surface area contributed by atoms with E-state index in [2.05, 4.69) is 240 Å². The molecule has 7 heterocycles. The second kappa shape index (κ2) is 16.2. The largest absolute Gasteiger partial charge is 0.457 e. The number of rotatable bonds is 4. The molecule has 2 atom stereocenters. The van der Waals surface area contributed by atoms with Gasteiger partial charge >= 0.3 is 0 Å². The topological polar surface area (TPSA) is 43.8 Å². The molecule has 22 rings (SSSR count). The first-order chi connectivity index (χ1) is 42.2. The number of pyridine rings is 2. The number of para-hydroxylation sites is 2. The van der Waals surface area contributed by atoms with Gasteiger partial charge in [-0.2, -0.15) is 0 Å². The van der Waals surface area contributed by atoms with Crippen LogP contribution in [-0.4, -0.2) is 18.8 Å². The first kappa shape index (κ1) is 45.4. The lowest BCUT2D eigenvalue weighted by atomic mass is 9.65. The first-order valence-corrected chi connectivity index (χ1v) is 30.6. The van der Waals surface area contributed by atoms with Crippen LogP contribution in [0.25, 0.3) is 132 Å². The van der Waals surface area contributed by atoms with E-state index in [0.717, 1.165) is 45.7 Å². The predicted octanol–water partition coefficient (Wildman–Crippen LogP) is 20.3. The van der Waals surface area contributed by atoms with Gasteiger partial charge in [0.1, 0.15) is 11.5 Å². The Balaban J connectivity index is 0.971.